The first-order valence-electron chi connectivity index (χ1n) is 8.28. The lowest BCUT2D eigenvalue weighted by Crippen LogP contribution is -2.52. The fraction of sp³-hybridized carbons (Fsp3) is 0.444. The van der Waals surface area contributed by atoms with Gasteiger partial charge in [-0.2, -0.15) is 0 Å². The summed E-state index contributed by atoms with van der Waals surface area (Å²) in [5.74, 6) is 0.677. The Morgan fingerprint density at radius 1 is 1.46 bits per heavy atom. The van der Waals surface area contributed by atoms with Gasteiger partial charge in [-0.3, -0.25) is 4.79 Å². The molecule has 1 saturated carbocycles. The molecule has 0 radical (unpaired) electrons. The minimum absolute atomic E-state index is 0.0859. The molecule has 6 heteroatoms. The van der Waals surface area contributed by atoms with Gasteiger partial charge in [0.1, 0.15) is 5.82 Å². The Morgan fingerprint density at radius 2 is 2.21 bits per heavy atom. The van der Waals surface area contributed by atoms with Crippen LogP contribution < -0.4 is 11.1 Å². The first-order valence-corrected chi connectivity index (χ1v) is 8.28. The molecular weight excluding hydrogens is 304 g/mol. The number of benzene rings is 1. The SMILES string of the molecule is Cn1ccnc1CC(NC(=O)C[C@H]1[C@H](O)C[C@@H]1N)c1ccccc1. The number of nitrogens with zero attached hydrogens (tertiary/aromatic N) is 2. The Hall–Kier alpha value is -2.18. The zero-order valence-electron chi connectivity index (χ0n) is 13.8. The number of hydrogen-bond acceptors (Lipinski definition) is 4. The highest BCUT2D eigenvalue weighted by Gasteiger charge is 2.38. The minimum Gasteiger partial charge on any atom is -0.393 e. The number of carbonyl (C=O) groups is 1. The van der Waals surface area contributed by atoms with Crippen molar-refractivity contribution in [2.24, 2.45) is 18.7 Å². The number of aliphatic hydroxyl groups excluding tert-OH is 1. The number of aliphatic hydroxyl groups is 1. The van der Waals surface area contributed by atoms with Gasteiger partial charge in [0.2, 0.25) is 5.91 Å². The summed E-state index contributed by atoms with van der Waals surface area (Å²) in [7, 11) is 1.94. The number of aromatic nitrogens is 2. The van der Waals surface area contributed by atoms with E-state index < -0.39 is 6.10 Å². The molecule has 0 bridgehead atoms. The highest BCUT2D eigenvalue weighted by molar-refractivity contribution is 5.77. The van der Waals surface area contributed by atoms with Crippen LogP contribution >= 0.6 is 0 Å². The Kier molecular flexibility index (Phi) is 4.97. The second kappa shape index (κ2) is 7.15. The molecule has 1 aliphatic carbocycles. The van der Waals surface area contributed by atoms with Gasteiger partial charge in [0, 0.05) is 44.2 Å². The number of hydrogen-bond donors (Lipinski definition) is 3. The molecule has 1 unspecified atom stereocenters. The van der Waals surface area contributed by atoms with Gasteiger partial charge in [0.25, 0.3) is 0 Å². The summed E-state index contributed by atoms with van der Waals surface area (Å²) in [6.07, 6.45) is 4.62. The van der Waals surface area contributed by atoms with Crippen LogP contribution in [0, 0.1) is 5.92 Å². The molecule has 1 aliphatic rings. The van der Waals surface area contributed by atoms with Crippen molar-refractivity contribution in [3.8, 4) is 0 Å². The fourth-order valence-corrected chi connectivity index (χ4v) is 3.19. The molecule has 128 valence electrons. The molecule has 2 aromatic rings. The van der Waals surface area contributed by atoms with Crippen molar-refractivity contribution >= 4 is 5.91 Å². The average molecular weight is 328 g/mol. The quantitative estimate of drug-likeness (QED) is 0.735. The highest BCUT2D eigenvalue weighted by atomic mass is 16.3. The minimum atomic E-state index is -0.463. The lowest BCUT2D eigenvalue weighted by atomic mass is 9.75. The molecule has 0 spiro atoms. The van der Waals surface area contributed by atoms with Crippen molar-refractivity contribution in [1.82, 2.24) is 14.9 Å². The van der Waals surface area contributed by atoms with E-state index in [0.29, 0.717) is 12.8 Å². The summed E-state index contributed by atoms with van der Waals surface area (Å²) in [5, 5.41) is 12.8. The van der Waals surface area contributed by atoms with Crippen LogP contribution in [0.25, 0.3) is 0 Å². The van der Waals surface area contributed by atoms with E-state index in [0.717, 1.165) is 11.4 Å². The number of rotatable bonds is 6. The highest BCUT2D eigenvalue weighted by Crippen LogP contribution is 2.29. The maximum absolute atomic E-state index is 12.4. The van der Waals surface area contributed by atoms with E-state index in [1.165, 1.54) is 0 Å². The molecular formula is C18H24N4O2. The van der Waals surface area contributed by atoms with Crippen molar-refractivity contribution in [2.75, 3.05) is 0 Å². The van der Waals surface area contributed by atoms with Gasteiger partial charge in [0.15, 0.2) is 0 Å². The van der Waals surface area contributed by atoms with E-state index in [2.05, 4.69) is 10.3 Å². The van der Waals surface area contributed by atoms with Gasteiger partial charge in [-0.1, -0.05) is 30.3 Å². The number of amides is 1. The molecule has 4 N–H and O–H groups in total. The third-order valence-corrected chi connectivity index (χ3v) is 4.82. The van der Waals surface area contributed by atoms with E-state index >= 15 is 0 Å². The van der Waals surface area contributed by atoms with E-state index in [9.17, 15) is 9.90 Å². The first-order chi connectivity index (χ1) is 11.5. The summed E-state index contributed by atoms with van der Waals surface area (Å²) in [4.78, 5) is 16.8. The van der Waals surface area contributed by atoms with Crippen molar-refractivity contribution < 1.29 is 9.90 Å². The molecule has 1 fully saturated rings. The molecule has 3 rings (SSSR count). The Labute approximate surface area is 141 Å². The fourth-order valence-electron chi connectivity index (χ4n) is 3.19. The third kappa shape index (κ3) is 3.66. The Balaban J connectivity index is 1.70. The monoisotopic (exact) mass is 328 g/mol. The van der Waals surface area contributed by atoms with E-state index in [1.807, 2.05) is 48.1 Å². The van der Waals surface area contributed by atoms with E-state index in [1.54, 1.807) is 6.20 Å². The number of nitrogens with two attached hydrogens (primary N) is 1. The summed E-state index contributed by atoms with van der Waals surface area (Å²) in [6, 6.07) is 9.61. The second-order valence-electron chi connectivity index (χ2n) is 6.52. The van der Waals surface area contributed by atoms with Crippen LogP contribution in [0.15, 0.2) is 42.7 Å². The van der Waals surface area contributed by atoms with Crippen LogP contribution in [0.4, 0.5) is 0 Å². The zero-order chi connectivity index (χ0) is 17.1. The number of nitrogens with one attached hydrogen (secondary N) is 1. The average Bonchev–Trinajstić information content (AvgIpc) is 2.98. The Bertz CT molecular complexity index is 677. The number of carbonyl (C=O) groups excluding carboxylic acids is 1. The van der Waals surface area contributed by atoms with Gasteiger partial charge >= 0.3 is 0 Å². The molecule has 1 aromatic carbocycles. The second-order valence-corrected chi connectivity index (χ2v) is 6.52. The molecule has 4 atom stereocenters. The predicted molar refractivity (Wildman–Crippen MR) is 90.9 cm³/mol. The maximum Gasteiger partial charge on any atom is 0.220 e. The molecule has 1 heterocycles. The van der Waals surface area contributed by atoms with Crippen LogP contribution in [-0.2, 0) is 18.3 Å². The molecule has 6 nitrogen and oxygen atoms in total. The molecule has 1 aromatic heterocycles. The van der Waals surface area contributed by atoms with Gasteiger partial charge in [-0.05, 0) is 12.0 Å². The standard InChI is InChI=1S/C18H24N4O2/c1-22-8-7-20-17(22)11-15(12-5-3-2-4-6-12)21-18(24)9-13-14(19)10-16(13)23/h2-8,13-16,23H,9-11,19H2,1H3,(H,21,24)/t13-,14+,15?,16-/m1/s1. The van der Waals surface area contributed by atoms with Gasteiger partial charge in [-0.15, -0.1) is 0 Å². The van der Waals surface area contributed by atoms with Crippen molar-refractivity contribution in [1.29, 1.82) is 0 Å². The lowest BCUT2D eigenvalue weighted by Gasteiger charge is -2.39. The van der Waals surface area contributed by atoms with Gasteiger partial charge < -0.3 is 20.7 Å². The summed E-state index contributed by atoms with van der Waals surface area (Å²) < 4.78 is 1.95. The van der Waals surface area contributed by atoms with Crippen LogP contribution in [0.2, 0.25) is 0 Å². The third-order valence-electron chi connectivity index (χ3n) is 4.82. The molecule has 0 aliphatic heterocycles. The lowest BCUT2D eigenvalue weighted by molar-refractivity contribution is -0.126. The van der Waals surface area contributed by atoms with Gasteiger partial charge in [-0.25, -0.2) is 4.98 Å². The van der Waals surface area contributed by atoms with Crippen molar-refractivity contribution in [3.05, 3.63) is 54.1 Å². The number of imidazole rings is 1. The summed E-state index contributed by atoms with van der Waals surface area (Å²) >= 11 is 0. The normalized spacial score (nSPS) is 24.2. The van der Waals surface area contributed by atoms with Crippen LogP contribution in [0.5, 0.6) is 0 Å². The van der Waals surface area contributed by atoms with Crippen LogP contribution in [-0.4, -0.2) is 32.7 Å². The molecule has 1 amide bonds. The molecule has 24 heavy (non-hydrogen) atoms. The van der Waals surface area contributed by atoms with Crippen molar-refractivity contribution in [3.63, 3.8) is 0 Å². The molecule has 0 saturated heterocycles. The maximum atomic E-state index is 12.4. The van der Waals surface area contributed by atoms with Crippen LogP contribution in [0.1, 0.15) is 30.3 Å². The largest absolute Gasteiger partial charge is 0.393 e. The van der Waals surface area contributed by atoms with Crippen molar-refractivity contribution in [2.45, 2.75) is 37.5 Å². The van der Waals surface area contributed by atoms with Crippen LogP contribution in [0.3, 0.4) is 0 Å². The van der Waals surface area contributed by atoms with E-state index in [4.69, 9.17) is 5.73 Å². The summed E-state index contributed by atoms with van der Waals surface area (Å²) in [5.41, 5.74) is 6.91. The Morgan fingerprint density at radius 3 is 2.79 bits per heavy atom. The topological polar surface area (TPSA) is 93.2 Å². The zero-order valence-corrected chi connectivity index (χ0v) is 13.8. The van der Waals surface area contributed by atoms with Gasteiger partial charge in [0.05, 0.1) is 12.1 Å². The smallest absolute Gasteiger partial charge is 0.220 e. The first kappa shape index (κ1) is 16.7. The summed E-state index contributed by atoms with van der Waals surface area (Å²) in [6.45, 7) is 0. The van der Waals surface area contributed by atoms with E-state index in [-0.39, 0.29) is 30.3 Å². The number of aryl methyl sites for hydroxylation is 1. The predicted octanol–water partition coefficient (Wildman–Crippen LogP) is 0.918.